The number of rotatable bonds is 6. The first-order valence-electron chi connectivity index (χ1n) is 14.2. The summed E-state index contributed by atoms with van der Waals surface area (Å²) >= 11 is 6.10. The second-order valence-corrected chi connectivity index (χ2v) is 11.5. The first-order valence-corrected chi connectivity index (χ1v) is 14.6. The molecule has 1 amide bonds. The number of anilines is 2. The lowest BCUT2D eigenvalue weighted by Gasteiger charge is -2.37. The van der Waals surface area contributed by atoms with Gasteiger partial charge < -0.3 is 25.6 Å². The summed E-state index contributed by atoms with van der Waals surface area (Å²) in [5, 5.41) is 10.7. The summed E-state index contributed by atoms with van der Waals surface area (Å²) in [5.41, 5.74) is 2.92. The Labute approximate surface area is 245 Å². The quantitative estimate of drug-likeness (QED) is 0.340. The minimum Gasteiger partial charge on any atom is -0.380 e. The molecule has 0 radical (unpaired) electrons. The number of carbonyl (C=O) groups excluding carboxylic acids is 1. The molecule has 6 rings (SSSR count). The minimum atomic E-state index is -0.548. The van der Waals surface area contributed by atoms with Crippen molar-refractivity contribution in [2.75, 3.05) is 30.8 Å². The molecule has 9 heteroatoms. The number of allylic oxidation sites excluding steroid dienone is 1. The molecule has 2 unspecified atom stereocenters. The van der Waals surface area contributed by atoms with Crippen molar-refractivity contribution in [3.63, 3.8) is 0 Å². The number of amides is 1. The van der Waals surface area contributed by atoms with Gasteiger partial charge in [0.05, 0.1) is 22.4 Å². The third-order valence-electron chi connectivity index (χ3n) is 8.59. The van der Waals surface area contributed by atoms with Crippen LogP contribution in [0.1, 0.15) is 43.7 Å². The summed E-state index contributed by atoms with van der Waals surface area (Å²) in [6, 6.07) is 18.5. The predicted octanol–water partition coefficient (Wildman–Crippen LogP) is 5.89. The molecule has 3 heterocycles. The molecule has 4 atom stereocenters. The Balaban J connectivity index is 1.47. The first-order chi connectivity index (χ1) is 19.9. The maximum atomic E-state index is 15.3. The van der Waals surface area contributed by atoms with Crippen LogP contribution in [0, 0.1) is 11.7 Å². The number of nitrogens with zero attached hydrogens (tertiary/aromatic N) is 2. The van der Waals surface area contributed by atoms with E-state index >= 15 is 4.39 Å². The number of carbonyl (C=O) groups is 1. The van der Waals surface area contributed by atoms with E-state index in [9.17, 15) is 4.79 Å². The lowest BCUT2D eigenvalue weighted by molar-refractivity contribution is -0.119. The molecule has 1 saturated heterocycles. The second kappa shape index (κ2) is 11.4. The van der Waals surface area contributed by atoms with Gasteiger partial charge >= 0.3 is 0 Å². The standard InChI is InChI=1S/C32H35ClFN5O2/c1-3-36-32(21-7-5-4-6-8-21)14-13-20-15-25(20)30(38-29-12-10-23(33)18-35-29)39-19-24(41-2)17-28(39)31(40)37-27-16-22(32)9-11-26(27)34/h4-12,16,18,20,24,28,36H,3,13-15,17,19H2,1-2H3,(H,35,38)(H,37,40)/b30-25+/t20?,24-,28-,32?/m1/s1. The van der Waals surface area contributed by atoms with Gasteiger partial charge in [-0.15, -0.1) is 0 Å². The van der Waals surface area contributed by atoms with Crippen LogP contribution < -0.4 is 16.0 Å². The smallest absolute Gasteiger partial charge is 0.247 e. The molecule has 3 aromatic rings. The summed E-state index contributed by atoms with van der Waals surface area (Å²) < 4.78 is 21.0. The van der Waals surface area contributed by atoms with Crippen molar-refractivity contribution in [1.82, 2.24) is 15.2 Å². The van der Waals surface area contributed by atoms with Crippen molar-refractivity contribution < 1.29 is 13.9 Å². The lowest BCUT2D eigenvalue weighted by atomic mass is 9.78. The van der Waals surface area contributed by atoms with E-state index in [1.54, 1.807) is 25.4 Å². The fourth-order valence-electron chi connectivity index (χ4n) is 6.41. The number of pyridine rings is 1. The Hall–Kier alpha value is -3.46. The molecule has 2 aliphatic heterocycles. The van der Waals surface area contributed by atoms with Gasteiger partial charge in [0, 0.05) is 26.3 Å². The van der Waals surface area contributed by atoms with Crippen molar-refractivity contribution >= 4 is 29.0 Å². The number of methoxy groups -OCH3 is 1. The molecule has 1 saturated carbocycles. The largest absolute Gasteiger partial charge is 0.380 e. The van der Waals surface area contributed by atoms with E-state index < -0.39 is 17.4 Å². The third-order valence-corrected chi connectivity index (χ3v) is 8.82. The molecule has 3 aliphatic rings. The van der Waals surface area contributed by atoms with Gasteiger partial charge in [0.25, 0.3) is 0 Å². The Kier molecular flexibility index (Phi) is 7.72. The highest BCUT2D eigenvalue weighted by Gasteiger charge is 2.45. The van der Waals surface area contributed by atoms with Crippen molar-refractivity contribution in [2.24, 2.45) is 5.92 Å². The van der Waals surface area contributed by atoms with Crippen LogP contribution >= 0.6 is 11.6 Å². The molecular weight excluding hydrogens is 541 g/mol. The number of halogens is 2. The van der Waals surface area contributed by atoms with Gasteiger partial charge in [0.2, 0.25) is 5.91 Å². The lowest BCUT2D eigenvalue weighted by Crippen LogP contribution is -2.43. The molecule has 41 heavy (non-hydrogen) atoms. The summed E-state index contributed by atoms with van der Waals surface area (Å²) in [6.07, 6.45) is 4.59. The van der Waals surface area contributed by atoms with E-state index in [0.29, 0.717) is 29.7 Å². The average Bonchev–Trinajstić information content (AvgIpc) is 3.63. The van der Waals surface area contributed by atoms with E-state index in [4.69, 9.17) is 16.3 Å². The fraction of sp³-hybridized carbons (Fsp3) is 0.375. The van der Waals surface area contributed by atoms with Crippen LogP contribution in [0.15, 0.2) is 78.3 Å². The van der Waals surface area contributed by atoms with Gasteiger partial charge in [0.15, 0.2) is 0 Å². The van der Waals surface area contributed by atoms with Gasteiger partial charge in [-0.25, -0.2) is 9.37 Å². The third kappa shape index (κ3) is 5.44. The zero-order valence-electron chi connectivity index (χ0n) is 23.3. The van der Waals surface area contributed by atoms with Crippen molar-refractivity contribution in [3.8, 4) is 0 Å². The number of aromatic nitrogens is 1. The van der Waals surface area contributed by atoms with E-state index in [1.807, 2.05) is 30.3 Å². The Bertz CT molecular complexity index is 1450. The summed E-state index contributed by atoms with van der Waals surface area (Å²) in [7, 11) is 1.66. The van der Waals surface area contributed by atoms with Crippen molar-refractivity contribution in [1.29, 1.82) is 0 Å². The number of benzene rings is 2. The molecule has 1 aliphatic carbocycles. The first kappa shape index (κ1) is 27.7. The van der Waals surface area contributed by atoms with E-state index in [1.165, 1.54) is 11.6 Å². The minimum absolute atomic E-state index is 0.137. The van der Waals surface area contributed by atoms with Crippen LogP contribution in [-0.4, -0.2) is 48.1 Å². The zero-order chi connectivity index (χ0) is 28.6. The van der Waals surface area contributed by atoms with Gasteiger partial charge in [-0.3, -0.25) is 4.79 Å². The average molecular weight is 576 g/mol. The van der Waals surface area contributed by atoms with Crippen LogP contribution in [-0.2, 0) is 15.1 Å². The molecule has 1 aromatic heterocycles. The topological polar surface area (TPSA) is 78.5 Å². The van der Waals surface area contributed by atoms with E-state index in [2.05, 4.69) is 44.9 Å². The number of nitrogens with one attached hydrogen (secondary N) is 3. The molecule has 2 aromatic carbocycles. The SMILES string of the molecule is CCNC1(c2ccccc2)CCC2C/C2=C(/Nc2ccc(Cl)cn2)N2C[C@H](OC)C[C@@H]2C(=O)Nc2cc1ccc2F. The molecular formula is C32H35ClFN5O2. The molecule has 214 valence electrons. The van der Waals surface area contributed by atoms with Gasteiger partial charge in [-0.05, 0) is 72.7 Å². The predicted molar refractivity (Wildman–Crippen MR) is 159 cm³/mol. The van der Waals surface area contributed by atoms with E-state index in [-0.39, 0.29) is 17.7 Å². The van der Waals surface area contributed by atoms with Crippen LogP contribution in [0.25, 0.3) is 0 Å². The Morgan fingerprint density at radius 2 is 2.00 bits per heavy atom. The van der Waals surface area contributed by atoms with Crippen LogP contribution in [0.2, 0.25) is 5.02 Å². The Morgan fingerprint density at radius 3 is 2.73 bits per heavy atom. The highest BCUT2D eigenvalue weighted by molar-refractivity contribution is 6.30. The highest BCUT2D eigenvalue weighted by atomic mass is 35.5. The number of hydrogen-bond donors (Lipinski definition) is 3. The maximum absolute atomic E-state index is 15.3. The van der Waals surface area contributed by atoms with Gasteiger partial charge in [-0.1, -0.05) is 54.9 Å². The highest BCUT2D eigenvalue weighted by Crippen LogP contribution is 2.49. The van der Waals surface area contributed by atoms with Crippen molar-refractivity contribution in [3.05, 3.63) is 100 Å². The summed E-state index contributed by atoms with van der Waals surface area (Å²) in [6.45, 7) is 3.35. The van der Waals surface area contributed by atoms with Crippen LogP contribution in [0.5, 0.6) is 0 Å². The van der Waals surface area contributed by atoms with Crippen molar-refractivity contribution in [2.45, 2.75) is 50.3 Å². The molecule has 2 bridgehead atoms. The molecule has 7 nitrogen and oxygen atoms in total. The van der Waals surface area contributed by atoms with Gasteiger partial charge in [-0.2, -0.15) is 0 Å². The number of fused-ring (bicyclic) bond motifs is 4. The monoisotopic (exact) mass is 575 g/mol. The van der Waals surface area contributed by atoms with Crippen LogP contribution in [0.3, 0.4) is 0 Å². The Morgan fingerprint density at radius 1 is 1.17 bits per heavy atom. The normalized spacial score (nSPS) is 27.6. The molecule has 3 N–H and O–H groups in total. The summed E-state index contributed by atoms with van der Waals surface area (Å²) in [4.78, 5) is 20.4. The fourth-order valence-corrected chi connectivity index (χ4v) is 6.52. The molecule has 2 fully saturated rings. The zero-order valence-corrected chi connectivity index (χ0v) is 24.0. The van der Waals surface area contributed by atoms with E-state index in [0.717, 1.165) is 42.8 Å². The summed E-state index contributed by atoms with van der Waals surface area (Å²) in [5.74, 6) is 1.13. The van der Waals surface area contributed by atoms with Gasteiger partial charge in [0.1, 0.15) is 23.5 Å². The number of hydrogen-bond acceptors (Lipinski definition) is 6. The molecule has 0 spiro atoms. The van der Waals surface area contributed by atoms with Crippen LogP contribution in [0.4, 0.5) is 15.9 Å². The second-order valence-electron chi connectivity index (χ2n) is 11.0. The number of ether oxygens (including phenoxy) is 1. The maximum Gasteiger partial charge on any atom is 0.247 e.